The normalized spacial score (nSPS) is 17.0. The maximum Gasteiger partial charge on any atom is 0.272 e. The summed E-state index contributed by atoms with van der Waals surface area (Å²) in [4.78, 5) is 18.1. The first-order valence-corrected chi connectivity index (χ1v) is 12.3. The fourth-order valence-corrected chi connectivity index (χ4v) is 5.79. The molecule has 0 N–H and O–H groups in total. The van der Waals surface area contributed by atoms with Crippen LogP contribution in [0.3, 0.4) is 0 Å². The number of ether oxygens (including phenoxy) is 1. The van der Waals surface area contributed by atoms with Gasteiger partial charge in [0, 0.05) is 24.5 Å². The number of carbonyl (C=O) groups excluding carboxylic acids is 1. The molecular formula is C31H28N2O2. The van der Waals surface area contributed by atoms with E-state index in [0.717, 1.165) is 46.7 Å². The van der Waals surface area contributed by atoms with Gasteiger partial charge in [0.1, 0.15) is 11.3 Å². The van der Waals surface area contributed by atoms with Crippen LogP contribution in [0.2, 0.25) is 0 Å². The van der Waals surface area contributed by atoms with Gasteiger partial charge in [-0.3, -0.25) is 9.69 Å². The molecule has 1 heterocycles. The summed E-state index contributed by atoms with van der Waals surface area (Å²) in [6.07, 6.45) is -0.655. The van der Waals surface area contributed by atoms with Crippen LogP contribution in [0, 0.1) is 0 Å². The average Bonchev–Trinajstić information content (AvgIpc) is 3.22. The minimum Gasteiger partial charge on any atom is -0.477 e. The second kappa shape index (κ2) is 8.31. The fourth-order valence-electron chi connectivity index (χ4n) is 5.79. The van der Waals surface area contributed by atoms with Crippen molar-refractivity contribution in [3.8, 4) is 16.9 Å². The minimum atomic E-state index is -0.725. The Morgan fingerprint density at radius 2 is 1.29 bits per heavy atom. The molecule has 174 valence electrons. The van der Waals surface area contributed by atoms with Gasteiger partial charge in [0.2, 0.25) is 6.10 Å². The number of anilines is 2. The Morgan fingerprint density at radius 1 is 0.743 bits per heavy atom. The summed E-state index contributed by atoms with van der Waals surface area (Å²) in [5, 5.41) is 0. The molecule has 6 rings (SSSR count). The molecule has 1 aliphatic heterocycles. The lowest BCUT2D eigenvalue weighted by Gasteiger charge is -2.55. The molecule has 4 aromatic rings. The molecule has 1 unspecified atom stereocenters. The molecule has 4 nitrogen and oxygen atoms in total. The van der Waals surface area contributed by atoms with Gasteiger partial charge in [0.15, 0.2) is 0 Å². The molecule has 0 saturated carbocycles. The van der Waals surface area contributed by atoms with Crippen LogP contribution in [-0.2, 0) is 10.3 Å². The highest BCUT2D eigenvalue weighted by Gasteiger charge is 2.68. The second-order valence-corrected chi connectivity index (χ2v) is 9.03. The first-order chi connectivity index (χ1) is 17.2. The number of β-lactam (4-membered cyclic amide) rings is 1. The molecule has 35 heavy (non-hydrogen) atoms. The highest BCUT2D eigenvalue weighted by atomic mass is 16.5. The molecule has 0 radical (unpaired) electrons. The summed E-state index contributed by atoms with van der Waals surface area (Å²) >= 11 is 0. The summed E-state index contributed by atoms with van der Waals surface area (Å²) in [7, 11) is 0. The van der Waals surface area contributed by atoms with E-state index in [9.17, 15) is 4.79 Å². The van der Waals surface area contributed by atoms with E-state index >= 15 is 0 Å². The highest BCUT2D eigenvalue weighted by Crippen LogP contribution is 2.59. The molecule has 1 atom stereocenters. The lowest BCUT2D eigenvalue weighted by molar-refractivity contribution is -0.139. The summed E-state index contributed by atoms with van der Waals surface area (Å²) < 4.78 is 6.46. The van der Waals surface area contributed by atoms with Crippen molar-refractivity contribution < 1.29 is 9.53 Å². The number of nitrogens with zero attached hydrogens (tertiary/aromatic N) is 2. The first kappa shape index (κ1) is 21.5. The third-order valence-corrected chi connectivity index (χ3v) is 7.38. The van der Waals surface area contributed by atoms with E-state index in [1.54, 1.807) is 0 Å². The SMILES string of the molecule is CCN(CC)c1ccc(N2C(=O)C(Oc3ccccc3)C23c2ccccc2-c2ccccc23)cc1. The van der Waals surface area contributed by atoms with Gasteiger partial charge in [-0.25, -0.2) is 0 Å². The molecule has 1 amide bonds. The number of carbonyl (C=O) groups is 1. The van der Waals surface area contributed by atoms with Crippen LogP contribution in [0.1, 0.15) is 25.0 Å². The number of para-hydroxylation sites is 1. The summed E-state index contributed by atoms with van der Waals surface area (Å²) in [6.45, 7) is 6.19. The standard InChI is InChI=1S/C31H28N2O2/c1-3-32(4-2)22-18-20-23(21-19-22)33-30(34)29(35-24-12-6-5-7-13-24)31(33)27-16-10-8-14-25(27)26-15-9-11-17-28(26)31/h5-21,29H,3-4H2,1-2H3. The lowest BCUT2D eigenvalue weighted by atomic mass is 9.72. The van der Waals surface area contributed by atoms with Crippen molar-refractivity contribution in [1.82, 2.24) is 0 Å². The van der Waals surface area contributed by atoms with Crippen LogP contribution < -0.4 is 14.5 Å². The van der Waals surface area contributed by atoms with Crippen molar-refractivity contribution in [2.45, 2.75) is 25.5 Å². The van der Waals surface area contributed by atoms with Crippen LogP contribution >= 0.6 is 0 Å². The number of hydrogen-bond donors (Lipinski definition) is 0. The van der Waals surface area contributed by atoms with Gasteiger partial charge in [-0.2, -0.15) is 0 Å². The van der Waals surface area contributed by atoms with Crippen LogP contribution in [0.25, 0.3) is 11.1 Å². The van der Waals surface area contributed by atoms with Crippen molar-refractivity contribution in [2.24, 2.45) is 0 Å². The minimum absolute atomic E-state index is 0.0315. The maximum absolute atomic E-state index is 13.9. The van der Waals surface area contributed by atoms with E-state index < -0.39 is 11.6 Å². The quantitative estimate of drug-likeness (QED) is 0.319. The molecule has 2 aliphatic rings. The molecule has 1 saturated heterocycles. The lowest BCUT2D eigenvalue weighted by Crippen LogP contribution is -2.74. The molecule has 0 aromatic heterocycles. The van der Waals surface area contributed by atoms with E-state index in [1.165, 1.54) is 0 Å². The number of hydrogen-bond acceptors (Lipinski definition) is 3. The molecule has 1 spiro atoms. The third kappa shape index (κ3) is 3.02. The van der Waals surface area contributed by atoms with Crippen LogP contribution in [0.4, 0.5) is 11.4 Å². The van der Waals surface area contributed by atoms with E-state index in [2.05, 4.69) is 91.5 Å². The fraction of sp³-hybridized carbons (Fsp3) is 0.194. The summed E-state index contributed by atoms with van der Waals surface area (Å²) in [5.41, 5.74) is 5.83. The first-order valence-electron chi connectivity index (χ1n) is 12.3. The highest BCUT2D eigenvalue weighted by molar-refractivity contribution is 6.11. The number of rotatable bonds is 6. The number of fused-ring (bicyclic) bond motifs is 5. The predicted molar refractivity (Wildman–Crippen MR) is 141 cm³/mol. The van der Waals surface area contributed by atoms with Crippen LogP contribution in [0.15, 0.2) is 103 Å². The third-order valence-electron chi connectivity index (χ3n) is 7.38. The van der Waals surface area contributed by atoms with Crippen molar-refractivity contribution in [3.05, 3.63) is 114 Å². The Kier molecular flexibility index (Phi) is 5.10. The van der Waals surface area contributed by atoms with E-state index in [4.69, 9.17) is 4.74 Å². The van der Waals surface area contributed by atoms with Gasteiger partial charge >= 0.3 is 0 Å². The average molecular weight is 461 g/mol. The molecule has 1 fully saturated rings. The molecule has 4 heteroatoms. The Bertz CT molecular complexity index is 1330. The topological polar surface area (TPSA) is 32.8 Å². The smallest absolute Gasteiger partial charge is 0.272 e. The zero-order chi connectivity index (χ0) is 24.0. The molecular weight excluding hydrogens is 432 g/mol. The Labute approximate surface area is 206 Å². The molecule has 4 aromatic carbocycles. The van der Waals surface area contributed by atoms with Crippen molar-refractivity contribution in [1.29, 1.82) is 0 Å². The van der Waals surface area contributed by atoms with Crippen LogP contribution in [-0.4, -0.2) is 25.1 Å². The number of amides is 1. The summed E-state index contributed by atoms with van der Waals surface area (Å²) in [6, 6.07) is 34.8. The maximum atomic E-state index is 13.9. The predicted octanol–water partition coefficient (Wildman–Crippen LogP) is 6.25. The summed E-state index contributed by atoms with van der Waals surface area (Å²) in [5.74, 6) is 0.666. The van der Waals surface area contributed by atoms with Gasteiger partial charge in [0.05, 0.1) is 0 Å². The van der Waals surface area contributed by atoms with Crippen LogP contribution in [0.5, 0.6) is 5.75 Å². The van der Waals surface area contributed by atoms with Crippen molar-refractivity contribution in [2.75, 3.05) is 22.9 Å². The van der Waals surface area contributed by atoms with E-state index in [0.29, 0.717) is 5.75 Å². The zero-order valence-corrected chi connectivity index (χ0v) is 20.0. The van der Waals surface area contributed by atoms with Crippen molar-refractivity contribution in [3.63, 3.8) is 0 Å². The Hall–Kier alpha value is -4.05. The largest absolute Gasteiger partial charge is 0.477 e. The Morgan fingerprint density at radius 3 is 1.86 bits per heavy atom. The molecule has 0 bridgehead atoms. The molecule has 1 aliphatic carbocycles. The van der Waals surface area contributed by atoms with E-state index in [-0.39, 0.29) is 5.91 Å². The second-order valence-electron chi connectivity index (χ2n) is 9.03. The zero-order valence-electron chi connectivity index (χ0n) is 20.0. The van der Waals surface area contributed by atoms with Crippen molar-refractivity contribution >= 4 is 17.3 Å². The van der Waals surface area contributed by atoms with E-state index in [1.807, 2.05) is 35.2 Å². The monoisotopic (exact) mass is 460 g/mol. The van der Waals surface area contributed by atoms with Gasteiger partial charge in [-0.15, -0.1) is 0 Å². The van der Waals surface area contributed by atoms with Gasteiger partial charge in [-0.1, -0.05) is 66.7 Å². The Balaban J connectivity index is 1.52. The number of benzene rings is 4. The van der Waals surface area contributed by atoms with Gasteiger partial charge in [-0.05, 0) is 72.5 Å². The van der Waals surface area contributed by atoms with Gasteiger partial charge in [0.25, 0.3) is 5.91 Å². The van der Waals surface area contributed by atoms with Gasteiger partial charge < -0.3 is 9.64 Å².